The summed E-state index contributed by atoms with van der Waals surface area (Å²) in [5.41, 5.74) is 2.52. The van der Waals surface area contributed by atoms with Gasteiger partial charge in [-0.3, -0.25) is 4.79 Å². The van der Waals surface area contributed by atoms with E-state index in [0.29, 0.717) is 30.3 Å². The first-order chi connectivity index (χ1) is 14.8. The molecular weight excluding hydrogens is 416 g/mol. The Morgan fingerprint density at radius 3 is 2.35 bits per heavy atom. The zero-order valence-electron chi connectivity index (χ0n) is 18.3. The molecule has 0 bridgehead atoms. The van der Waals surface area contributed by atoms with Crippen molar-refractivity contribution in [2.45, 2.75) is 44.4 Å². The van der Waals surface area contributed by atoms with Gasteiger partial charge < -0.3 is 14.8 Å². The number of ether oxygens (including phenoxy) is 2. The Bertz CT molecular complexity index is 1030. The molecule has 1 fully saturated rings. The number of anilines is 1. The first kappa shape index (κ1) is 23.1. The molecule has 0 atom stereocenters. The molecule has 0 aliphatic carbocycles. The first-order valence-corrected chi connectivity index (χ1v) is 11.9. The van der Waals surface area contributed by atoms with E-state index >= 15 is 0 Å². The molecule has 0 aromatic heterocycles. The number of sulfonamides is 1. The molecule has 1 N–H and O–H groups in total. The van der Waals surface area contributed by atoms with Crippen molar-refractivity contribution in [2.24, 2.45) is 0 Å². The van der Waals surface area contributed by atoms with Crippen LogP contribution >= 0.6 is 0 Å². The van der Waals surface area contributed by atoms with E-state index in [1.165, 1.54) is 23.5 Å². The Morgan fingerprint density at radius 1 is 1.00 bits per heavy atom. The molecule has 1 saturated heterocycles. The lowest BCUT2D eigenvalue weighted by molar-refractivity contribution is -0.118. The van der Waals surface area contributed by atoms with Crippen molar-refractivity contribution in [3.63, 3.8) is 0 Å². The average molecular weight is 447 g/mol. The maximum Gasteiger partial charge on any atom is 0.262 e. The Hall–Kier alpha value is -2.58. The normalized spacial score (nSPS) is 15.2. The van der Waals surface area contributed by atoms with Gasteiger partial charge in [-0.1, -0.05) is 18.9 Å². The van der Waals surface area contributed by atoms with Crippen LogP contribution in [-0.2, 0) is 14.8 Å². The van der Waals surface area contributed by atoms with Crippen LogP contribution in [0.25, 0.3) is 0 Å². The minimum absolute atomic E-state index is 0.139. The Kier molecular flexibility index (Phi) is 7.56. The van der Waals surface area contributed by atoms with Gasteiger partial charge in [-0.05, 0) is 68.1 Å². The van der Waals surface area contributed by atoms with Crippen LogP contribution in [0.3, 0.4) is 0 Å². The van der Waals surface area contributed by atoms with Crippen molar-refractivity contribution in [3.05, 3.63) is 47.5 Å². The van der Waals surface area contributed by atoms with Crippen LogP contribution in [0.2, 0.25) is 0 Å². The summed E-state index contributed by atoms with van der Waals surface area (Å²) in [6.45, 7) is 4.81. The molecule has 1 aliphatic heterocycles. The van der Waals surface area contributed by atoms with Gasteiger partial charge in [0.05, 0.1) is 17.7 Å². The van der Waals surface area contributed by atoms with Gasteiger partial charge >= 0.3 is 0 Å². The van der Waals surface area contributed by atoms with Crippen molar-refractivity contribution in [1.29, 1.82) is 0 Å². The van der Waals surface area contributed by atoms with Crippen molar-refractivity contribution in [1.82, 2.24) is 4.31 Å². The zero-order valence-corrected chi connectivity index (χ0v) is 19.1. The Morgan fingerprint density at radius 2 is 1.71 bits per heavy atom. The number of nitrogens with one attached hydrogen (secondary N) is 1. The summed E-state index contributed by atoms with van der Waals surface area (Å²) in [5.74, 6) is 0.581. The number of methoxy groups -OCH3 is 1. The molecule has 0 unspecified atom stereocenters. The van der Waals surface area contributed by atoms with Gasteiger partial charge in [0, 0.05) is 13.1 Å². The third kappa shape index (κ3) is 5.77. The highest BCUT2D eigenvalue weighted by molar-refractivity contribution is 7.89. The molecule has 3 rings (SSSR count). The van der Waals surface area contributed by atoms with Crippen LogP contribution in [0.5, 0.6) is 11.5 Å². The first-order valence-electron chi connectivity index (χ1n) is 10.5. The largest absolute Gasteiger partial charge is 0.495 e. The summed E-state index contributed by atoms with van der Waals surface area (Å²) in [6, 6.07) is 10.1. The van der Waals surface area contributed by atoms with E-state index in [1.807, 2.05) is 32.0 Å². The van der Waals surface area contributed by atoms with E-state index in [4.69, 9.17) is 9.47 Å². The van der Waals surface area contributed by atoms with Crippen LogP contribution in [0.4, 0.5) is 5.69 Å². The number of amides is 1. The summed E-state index contributed by atoms with van der Waals surface area (Å²) >= 11 is 0. The van der Waals surface area contributed by atoms with Gasteiger partial charge in [-0.25, -0.2) is 8.42 Å². The Labute approximate surface area is 184 Å². The summed E-state index contributed by atoms with van der Waals surface area (Å²) < 4.78 is 38.6. The van der Waals surface area contributed by atoms with Crippen LogP contribution in [0.1, 0.15) is 36.8 Å². The molecule has 31 heavy (non-hydrogen) atoms. The number of hydrogen-bond donors (Lipinski definition) is 1. The lowest BCUT2D eigenvalue weighted by Gasteiger charge is -2.21. The van der Waals surface area contributed by atoms with Crippen molar-refractivity contribution in [3.8, 4) is 11.5 Å². The standard InChI is InChI=1S/C23H30N2O5S/c1-17-8-9-19(14-18(17)2)30-16-23(26)24-21-15-20(10-11-22(21)29-3)31(27,28)25-12-6-4-5-7-13-25/h8-11,14-15H,4-7,12-13,16H2,1-3H3,(H,24,26). The van der Waals surface area contributed by atoms with Gasteiger partial charge in [-0.2, -0.15) is 4.31 Å². The molecule has 0 radical (unpaired) electrons. The minimum Gasteiger partial charge on any atom is -0.495 e. The summed E-state index contributed by atoms with van der Waals surface area (Å²) in [6.07, 6.45) is 3.79. The minimum atomic E-state index is -3.64. The number of aryl methyl sites for hydroxylation is 2. The van der Waals surface area contributed by atoms with Gasteiger partial charge in [0.15, 0.2) is 6.61 Å². The molecule has 0 spiro atoms. The van der Waals surface area contributed by atoms with Crippen molar-refractivity contribution >= 4 is 21.6 Å². The fraction of sp³-hybridized carbons (Fsp3) is 0.435. The zero-order chi connectivity index (χ0) is 22.4. The second-order valence-corrected chi connectivity index (χ2v) is 9.70. The number of benzene rings is 2. The molecule has 7 nitrogen and oxygen atoms in total. The number of nitrogens with zero attached hydrogens (tertiary/aromatic N) is 1. The molecule has 168 valence electrons. The van der Waals surface area contributed by atoms with Gasteiger partial charge in [-0.15, -0.1) is 0 Å². The van der Waals surface area contributed by atoms with E-state index in [0.717, 1.165) is 36.8 Å². The summed E-state index contributed by atoms with van der Waals surface area (Å²) in [7, 11) is -2.17. The molecule has 1 aliphatic rings. The molecule has 1 amide bonds. The molecule has 1 heterocycles. The van der Waals surface area contributed by atoms with Gasteiger partial charge in [0.2, 0.25) is 10.0 Å². The van der Waals surface area contributed by atoms with Crippen molar-refractivity contribution in [2.75, 3.05) is 32.1 Å². The maximum atomic E-state index is 13.1. The predicted octanol–water partition coefficient (Wildman–Crippen LogP) is 3.89. The second-order valence-electron chi connectivity index (χ2n) is 7.76. The number of hydrogen-bond acceptors (Lipinski definition) is 5. The third-order valence-corrected chi connectivity index (χ3v) is 7.39. The average Bonchev–Trinajstić information content (AvgIpc) is 3.05. The second kappa shape index (κ2) is 10.2. The summed E-state index contributed by atoms with van der Waals surface area (Å²) in [5, 5.41) is 2.71. The van der Waals surface area contributed by atoms with Crippen LogP contribution in [0.15, 0.2) is 41.3 Å². The topological polar surface area (TPSA) is 84.9 Å². The predicted molar refractivity (Wildman–Crippen MR) is 120 cm³/mol. The van der Waals surface area contributed by atoms with E-state index in [9.17, 15) is 13.2 Å². The molecule has 2 aromatic carbocycles. The molecule has 0 saturated carbocycles. The van der Waals surface area contributed by atoms with Crippen LogP contribution in [-0.4, -0.2) is 45.4 Å². The van der Waals surface area contributed by atoms with Crippen LogP contribution < -0.4 is 14.8 Å². The highest BCUT2D eigenvalue weighted by Crippen LogP contribution is 2.30. The monoisotopic (exact) mass is 446 g/mol. The highest BCUT2D eigenvalue weighted by Gasteiger charge is 2.26. The SMILES string of the molecule is COc1ccc(S(=O)(=O)N2CCCCCC2)cc1NC(=O)COc1ccc(C)c(C)c1. The quantitative estimate of drug-likeness (QED) is 0.697. The maximum absolute atomic E-state index is 13.1. The van der Waals surface area contributed by atoms with E-state index < -0.39 is 15.9 Å². The number of carbonyl (C=O) groups excluding carboxylic acids is 1. The lowest BCUT2D eigenvalue weighted by Crippen LogP contribution is -2.32. The van der Waals surface area contributed by atoms with E-state index in [2.05, 4.69) is 5.32 Å². The number of rotatable bonds is 7. The molecule has 2 aromatic rings. The smallest absolute Gasteiger partial charge is 0.262 e. The van der Waals surface area contributed by atoms with Crippen molar-refractivity contribution < 1.29 is 22.7 Å². The lowest BCUT2D eigenvalue weighted by atomic mass is 10.1. The van der Waals surface area contributed by atoms with Gasteiger partial charge in [0.1, 0.15) is 11.5 Å². The Balaban J connectivity index is 1.73. The van der Waals surface area contributed by atoms with Gasteiger partial charge in [0.25, 0.3) is 5.91 Å². The number of carbonyl (C=O) groups is 1. The van der Waals surface area contributed by atoms with E-state index in [1.54, 1.807) is 6.07 Å². The fourth-order valence-electron chi connectivity index (χ4n) is 3.52. The molecule has 8 heteroatoms. The molecular formula is C23H30N2O5S. The summed E-state index contributed by atoms with van der Waals surface area (Å²) in [4.78, 5) is 12.6. The van der Waals surface area contributed by atoms with E-state index in [-0.39, 0.29) is 11.5 Å². The van der Waals surface area contributed by atoms with Crippen LogP contribution in [0, 0.1) is 13.8 Å². The third-order valence-electron chi connectivity index (χ3n) is 5.50. The fourth-order valence-corrected chi connectivity index (χ4v) is 5.06. The highest BCUT2D eigenvalue weighted by atomic mass is 32.2.